The highest BCUT2D eigenvalue weighted by Gasteiger charge is 2.43. The zero-order valence-corrected chi connectivity index (χ0v) is 19.3. The summed E-state index contributed by atoms with van der Waals surface area (Å²) in [6.45, 7) is 4.49. The Hall–Kier alpha value is -3.69. The number of carbonyl (C=O) groups is 1. The van der Waals surface area contributed by atoms with Gasteiger partial charge >= 0.3 is 6.18 Å². The average molecular weight is 485 g/mol. The van der Waals surface area contributed by atoms with E-state index in [1.165, 1.54) is 24.3 Å². The predicted octanol–water partition coefficient (Wildman–Crippen LogP) is 5.13. The number of halogens is 4. The van der Waals surface area contributed by atoms with Gasteiger partial charge in [0.05, 0.1) is 33.7 Å². The van der Waals surface area contributed by atoms with Crippen LogP contribution in [0.25, 0.3) is 21.8 Å². The van der Waals surface area contributed by atoms with Gasteiger partial charge < -0.3 is 10.6 Å². The number of alkyl halides is 3. The summed E-state index contributed by atoms with van der Waals surface area (Å²) in [4.78, 5) is 19.3. The Bertz CT molecular complexity index is 1470. The lowest BCUT2D eigenvalue weighted by atomic mass is 9.78. The predicted molar refractivity (Wildman–Crippen MR) is 124 cm³/mol. The lowest BCUT2D eigenvalue weighted by Gasteiger charge is -2.25. The standard InChI is InChI=1S/C25H23F4N5O/c1-24(2)12-34(11-18(24)13-4-6-14(7-5-13)25(27,28)29)23(35)15-8-16-20(9-19(15)26)32-22(30)17-10-31-33(3)21(16)17/h4-10,18H,11-12H2,1-3H3,(H2,30,32)/t18-/m0/s1. The minimum absolute atomic E-state index is 0.101. The quantitative estimate of drug-likeness (QED) is 0.400. The highest BCUT2D eigenvalue weighted by atomic mass is 19.4. The summed E-state index contributed by atoms with van der Waals surface area (Å²) in [6, 6.07) is 7.68. The smallest absolute Gasteiger partial charge is 0.383 e. The maximum absolute atomic E-state index is 15.1. The van der Waals surface area contributed by atoms with Gasteiger partial charge in [-0.15, -0.1) is 0 Å². The zero-order valence-electron chi connectivity index (χ0n) is 19.3. The van der Waals surface area contributed by atoms with Gasteiger partial charge in [0.2, 0.25) is 0 Å². The molecule has 1 amide bonds. The van der Waals surface area contributed by atoms with Gasteiger partial charge in [0.25, 0.3) is 5.91 Å². The van der Waals surface area contributed by atoms with Crippen molar-refractivity contribution in [2.24, 2.45) is 12.5 Å². The largest absolute Gasteiger partial charge is 0.416 e. The second kappa shape index (κ2) is 7.66. The number of carbonyl (C=O) groups excluding carboxylic acids is 1. The summed E-state index contributed by atoms with van der Waals surface area (Å²) in [5, 5.41) is 5.36. The number of likely N-dealkylation sites (tertiary alicyclic amines) is 1. The van der Waals surface area contributed by atoms with Crippen molar-refractivity contribution in [1.29, 1.82) is 0 Å². The first-order valence-electron chi connectivity index (χ1n) is 11.0. The maximum Gasteiger partial charge on any atom is 0.416 e. The van der Waals surface area contributed by atoms with Crippen LogP contribution in [-0.4, -0.2) is 38.7 Å². The van der Waals surface area contributed by atoms with Gasteiger partial charge in [0, 0.05) is 37.5 Å². The normalized spacial score (nSPS) is 18.0. The van der Waals surface area contributed by atoms with Crippen LogP contribution in [0.2, 0.25) is 0 Å². The van der Waals surface area contributed by atoms with Crippen LogP contribution in [0.1, 0.15) is 41.3 Å². The molecule has 3 heterocycles. The molecule has 1 saturated heterocycles. The van der Waals surface area contributed by atoms with Crippen molar-refractivity contribution < 1.29 is 22.4 Å². The number of nitrogens with two attached hydrogens (primary N) is 1. The fourth-order valence-electron chi connectivity index (χ4n) is 5.06. The van der Waals surface area contributed by atoms with Gasteiger partial charge in [-0.1, -0.05) is 26.0 Å². The molecule has 0 radical (unpaired) electrons. The molecule has 1 fully saturated rings. The van der Waals surface area contributed by atoms with E-state index in [9.17, 15) is 18.0 Å². The molecule has 2 aromatic heterocycles. The Labute approximate surface area is 198 Å². The van der Waals surface area contributed by atoms with Crippen LogP contribution in [0.5, 0.6) is 0 Å². The number of aromatic nitrogens is 3. The number of fused-ring (bicyclic) bond motifs is 3. The maximum atomic E-state index is 15.1. The molecular formula is C25H23F4N5O. The molecule has 10 heteroatoms. The van der Waals surface area contributed by atoms with E-state index in [2.05, 4.69) is 10.1 Å². The molecule has 0 aliphatic carbocycles. The highest BCUT2D eigenvalue weighted by molar-refractivity contribution is 6.10. The van der Waals surface area contributed by atoms with Crippen LogP contribution in [0.3, 0.4) is 0 Å². The Morgan fingerprint density at radius 2 is 1.83 bits per heavy atom. The Morgan fingerprint density at radius 3 is 2.49 bits per heavy atom. The van der Waals surface area contributed by atoms with E-state index in [1.807, 2.05) is 13.8 Å². The van der Waals surface area contributed by atoms with Crippen LogP contribution in [0.4, 0.5) is 23.4 Å². The molecule has 35 heavy (non-hydrogen) atoms. The number of benzene rings is 2. The van der Waals surface area contributed by atoms with Crippen LogP contribution in [0, 0.1) is 11.2 Å². The number of nitrogen functional groups attached to an aromatic ring is 1. The number of anilines is 1. The summed E-state index contributed by atoms with van der Waals surface area (Å²) >= 11 is 0. The number of rotatable bonds is 2. The van der Waals surface area contributed by atoms with Crippen LogP contribution < -0.4 is 5.73 Å². The summed E-state index contributed by atoms with van der Waals surface area (Å²) in [6.07, 6.45) is -2.85. The van der Waals surface area contributed by atoms with Crippen molar-refractivity contribution in [3.63, 3.8) is 0 Å². The van der Waals surface area contributed by atoms with Crippen molar-refractivity contribution in [1.82, 2.24) is 19.7 Å². The molecule has 5 rings (SSSR count). The second-order valence-electron chi connectivity index (χ2n) is 9.72. The Morgan fingerprint density at radius 1 is 1.14 bits per heavy atom. The third-order valence-electron chi connectivity index (χ3n) is 6.90. The van der Waals surface area contributed by atoms with Crippen molar-refractivity contribution in [2.75, 3.05) is 18.8 Å². The van der Waals surface area contributed by atoms with Crippen LogP contribution in [0.15, 0.2) is 42.6 Å². The minimum atomic E-state index is -4.42. The van der Waals surface area contributed by atoms with Gasteiger partial charge in [-0.25, -0.2) is 9.37 Å². The molecule has 182 valence electrons. The fraction of sp³-hybridized carbons (Fsp3) is 0.320. The molecule has 6 nitrogen and oxygen atoms in total. The van der Waals surface area contributed by atoms with Gasteiger partial charge in [0.1, 0.15) is 11.6 Å². The third kappa shape index (κ3) is 3.77. The molecule has 0 unspecified atom stereocenters. The number of aryl methyl sites for hydroxylation is 1. The van der Waals surface area contributed by atoms with Crippen molar-refractivity contribution >= 4 is 33.5 Å². The lowest BCUT2D eigenvalue weighted by Crippen LogP contribution is -2.30. The van der Waals surface area contributed by atoms with E-state index in [1.54, 1.807) is 22.8 Å². The van der Waals surface area contributed by atoms with Gasteiger partial charge in [0.15, 0.2) is 0 Å². The van der Waals surface area contributed by atoms with E-state index in [0.29, 0.717) is 33.9 Å². The third-order valence-corrected chi connectivity index (χ3v) is 6.90. The number of pyridine rings is 1. The SMILES string of the molecule is Cn1ncc2c(N)nc3cc(F)c(C(=O)N4C[C@@H](c5ccc(C(F)(F)F)cc5)C(C)(C)C4)cc3c21. The molecule has 1 aliphatic heterocycles. The summed E-state index contributed by atoms with van der Waals surface area (Å²) in [7, 11) is 1.73. The molecular weight excluding hydrogens is 462 g/mol. The van der Waals surface area contributed by atoms with Crippen molar-refractivity contribution in [3.8, 4) is 0 Å². The number of amides is 1. The number of hydrogen-bond donors (Lipinski definition) is 1. The second-order valence-corrected chi connectivity index (χ2v) is 9.72. The average Bonchev–Trinajstić information content (AvgIpc) is 3.32. The van der Waals surface area contributed by atoms with Gasteiger partial charge in [-0.2, -0.15) is 18.3 Å². The van der Waals surface area contributed by atoms with E-state index in [4.69, 9.17) is 5.73 Å². The first-order valence-corrected chi connectivity index (χ1v) is 11.0. The number of nitrogens with zero attached hydrogens (tertiary/aromatic N) is 4. The van der Waals surface area contributed by atoms with E-state index < -0.39 is 28.9 Å². The lowest BCUT2D eigenvalue weighted by molar-refractivity contribution is -0.137. The molecule has 1 atom stereocenters. The zero-order chi connectivity index (χ0) is 25.3. The summed E-state index contributed by atoms with van der Waals surface area (Å²) < 4.78 is 55.6. The Balaban J connectivity index is 1.50. The molecule has 0 spiro atoms. The highest BCUT2D eigenvalue weighted by Crippen LogP contribution is 2.43. The minimum Gasteiger partial charge on any atom is -0.383 e. The fourth-order valence-corrected chi connectivity index (χ4v) is 5.06. The molecule has 4 aromatic rings. The molecule has 2 N–H and O–H groups in total. The van der Waals surface area contributed by atoms with Gasteiger partial charge in [-0.05, 0) is 29.2 Å². The van der Waals surface area contributed by atoms with Gasteiger partial charge in [-0.3, -0.25) is 9.48 Å². The van der Waals surface area contributed by atoms with E-state index in [0.717, 1.165) is 12.1 Å². The monoisotopic (exact) mass is 485 g/mol. The molecule has 0 saturated carbocycles. The Kier molecular flexibility index (Phi) is 5.05. The first-order chi connectivity index (χ1) is 16.4. The van der Waals surface area contributed by atoms with Crippen LogP contribution >= 0.6 is 0 Å². The van der Waals surface area contributed by atoms with Crippen molar-refractivity contribution in [3.05, 3.63) is 65.1 Å². The van der Waals surface area contributed by atoms with E-state index >= 15 is 4.39 Å². The topological polar surface area (TPSA) is 77.0 Å². The summed E-state index contributed by atoms with van der Waals surface area (Å²) in [5.74, 6) is -1.19. The van der Waals surface area contributed by atoms with Crippen LogP contribution in [-0.2, 0) is 13.2 Å². The summed E-state index contributed by atoms with van der Waals surface area (Å²) in [5.41, 5.74) is 6.41. The first kappa shape index (κ1) is 23.1. The number of hydrogen-bond acceptors (Lipinski definition) is 4. The van der Waals surface area contributed by atoms with Crippen molar-refractivity contribution in [2.45, 2.75) is 25.9 Å². The molecule has 0 bridgehead atoms. The molecule has 1 aliphatic rings. The van der Waals surface area contributed by atoms with E-state index in [-0.39, 0.29) is 23.8 Å². The molecule has 2 aromatic carbocycles.